The van der Waals surface area contributed by atoms with Gasteiger partial charge in [-0.2, -0.15) is 0 Å². The third-order valence-corrected chi connectivity index (χ3v) is 4.80. The van der Waals surface area contributed by atoms with Gasteiger partial charge in [-0.3, -0.25) is 14.2 Å². The van der Waals surface area contributed by atoms with Crippen LogP contribution in [0.1, 0.15) is 16.1 Å². The van der Waals surface area contributed by atoms with Crippen molar-refractivity contribution in [2.75, 3.05) is 18.6 Å². The van der Waals surface area contributed by atoms with E-state index in [9.17, 15) is 18.4 Å². The Hall–Kier alpha value is -3.82. The number of nitrogens with zero attached hydrogens (tertiary/aromatic N) is 4. The van der Waals surface area contributed by atoms with E-state index in [4.69, 9.17) is 4.74 Å². The number of amides is 1. The number of anilines is 2. The van der Waals surface area contributed by atoms with Crippen LogP contribution in [0.4, 0.5) is 20.4 Å². The Morgan fingerprint density at radius 3 is 2.47 bits per heavy atom. The van der Waals surface area contributed by atoms with Gasteiger partial charge >= 0.3 is 0 Å². The first-order chi connectivity index (χ1) is 14.5. The summed E-state index contributed by atoms with van der Waals surface area (Å²) in [7, 11) is 1.57. The van der Waals surface area contributed by atoms with Crippen molar-refractivity contribution in [1.82, 2.24) is 20.1 Å². The molecule has 0 fully saturated rings. The molecule has 1 aliphatic rings. The molecule has 10 heteroatoms. The molecule has 1 amide bonds. The molecule has 30 heavy (non-hydrogen) atoms. The maximum Gasteiger partial charge on any atom is 0.286 e. The van der Waals surface area contributed by atoms with Crippen molar-refractivity contribution in [3.63, 3.8) is 0 Å². The highest BCUT2D eigenvalue weighted by Crippen LogP contribution is 2.28. The molecular formula is C20H17F2N5O3. The summed E-state index contributed by atoms with van der Waals surface area (Å²) in [5, 5.41) is 10.1. The van der Waals surface area contributed by atoms with Crippen LogP contribution in [-0.2, 0) is 13.1 Å². The first kappa shape index (κ1) is 19.5. The fourth-order valence-corrected chi connectivity index (χ4v) is 3.21. The quantitative estimate of drug-likeness (QED) is 0.688. The first-order valence-corrected chi connectivity index (χ1v) is 9.10. The maximum atomic E-state index is 13.7. The Morgan fingerprint density at radius 1 is 1.10 bits per heavy atom. The molecule has 0 bridgehead atoms. The summed E-state index contributed by atoms with van der Waals surface area (Å²) in [6, 6.07) is 10.6. The second kappa shape index (κ2) is 7.90. The highest BCUT2D eigenvalue weighted by Gasteiger charge is 2.27. The second-order valence-corrected chi connectivity index (χ2v) is 6.54. The van der Waals surface area contributed by atoms with Crippen LogP contribution in [-0.4, -0.2) is 34.3 Å². The molecule has 1 aromatic heterocycles. The summed E-state index contributed by atoms with van der Waals surface area (Å²) in [6.45, 7) is 0.373. The van der Waals surface area contributed by atoms with Crippen LogP contribution in [0.5, 0.6) is 5.75 Å². The van der Waals surface area contributed by atoms with E-state index >= 15 is 0 Å². The number of fused-ring (bicyclic) bond motifs is 1. The molecule has 3 aromatic rings. The van der Waals surface area contributed by atoms with Gasteiger partial charge in [0.2, 0.25) is 11.6 Å². The Labute approximate surface area is 169 Å². The van der Waals surface area contributed by atoms with Gasteiger partial charge < -0.3 is 15.0 Å². The van der Waals surface area contributed by atoms with E-state index in [1.54, 1.807) is 24.1 Å². The van der Waals surface area contributed by atoms with E-state index < -0.39 is 35.3 Å². The van der Waals surface area contributed by atoms with Crippen molar-refractivity contribution in [2.24, 2.45) is 0 Å². The van der Waals surface area contributed by atoms with E-state index in [1.165, 1.54) is 10.6 Å². The molecule has 0 spiro atoms. The van der Waals surface area contributed by atoms with E-state index in [-0.39, 0.29) is 5.56 Å². The monoisotopic (exact) mass is 413 g/mol. The lowest BCUT2D eigenvalue weighted by Gasteiger charge is -2.17. The number of ether oxygens (including phenoxy) is 1. The summed E-state index contributed by atoms with van der Waals surface area (Å²) in [5.74, 6) is -1.43. The fourth-order valence-electron chi connectivity index (χ4n) is 3.21. The van der Waals surface area contributed by atoms with Crippen LogP contribution in [0.25, 0.3) is 0 Å². The Balaban J connectivity index is 1.55. The van der Waals surface area contributed by atoms with E-state index in [2.05, 4.69) is 15.5 Å². The molecule has 2 heterocycles. The topological polar surface area (TPSA) is 89.3 Å². The fraction of sp³-hybridized carbons (Fsp3) is 0.200. The van der Waals surface area contributed by atoms with Gasteiger partial charge in [-0.1, -0.05) is 6.07 Å². The molecule has 4 rings (SSSR count). The highest BCUT2D eigenvalue weighted by molar-refractivity contribution is 5.91. The van der Waals surface area contributed by atoms with Crippen molar-refractivity contribution in [3.05, 3.63) is 75.7 Å². The van der Waals surface area contributed by atoms with Gasteiger partial charge in [0.25, 0.3) is 11.5 Å². The van der Waals surface area contributed by atoms with Gasteiger partial charge in [-0.25, -0.2) is 8.78 Å². The van der Waals surface area contributed by atoms with Crippen LogP contribution in [0.3, 0.4) is 0 Å². The maximum absolute atomic E-state index is 13.7. The summed E-state index contributed by atoms with van der Waals surface area (Å²) in [6.07, 6.45) is 0. The number of carbonyl (C=O) groups is 1. The largest absolute Gasteiger partial charge is 0.497 e. The lowest BCUT2D eigenvalue weighted by Crippen LogP contribution is -2.35. The molecule has 8 nitrogen and oxygen atoms in total. The Morgan fingerprint density at radius 2 is 1.80 bits per heavy atom. The van der Waals surface area contributed by atoms with Crippen molar-refractivity contribution in [2.45, 2.75) is 13.1 Å². The summed E-state index contributed by atoms with van der Waals surface area (Å²) < 4.78 is 33.9. The van der Waals surface area contributed by atoms with E-state index in [1.807, 2.05) is 12.1 Å². The molecule has 0 aliphatic carbocycles. The van der Waals surface area contributed by atoms with Gasteiger partial charge in [0.05, 0.1) is 7.11 Å². The molecular weight excluding hydrogens is 396 g/mol. The third-order valence-electron chi connectivity index (χ3n) is 4.80. The average Bonchev–Trinajstić information content (AvgIpc) is 3.18. The average molecular weight is 413 g/mol. The standard InChI is InChI=1S/C20H17F2N5O3/c1-30-13-7-5-12(6-8-13)26-9-10-27-19(29)17(24-25-20(26)27)18(28)23-11-14-15(21)3-2-4-16(14)22/h2-8H,9-11H2,1H3,(H,23,28). The molecule has 0 saturated carbocycles. The minimum atomic E-state index is -0.853. The zero-order valence-electron chi connectivity index (χ0n) is 15.9. The van der Waals surface area contributed by atoms with Gasteiger partial charge in [0.1, 0.15) is 17.4 Å². The minimum Gasteiger partial charge on any atom is -0.497 e. The minimum absolute atomic E-state index is 0.300. The molecule has 2 aromatic carbocycles. The highest BCUT2D eigenvalue weighted by atomic mass is 19.1. The number of benzene rings is 2. The summed E-state index contributed by atoms with van der Waals surface area (Å²) >= 11 is 0. The number of nitrogens with one attached hydrogen (secondary N) is 1. The van der Waals surface area contributed by atoms with Gasteiger partial charge in [0.15, 0.2) is 0 Å². The van der Waals surface area contributed by atoms with Crippen molar-refractivity contribution in [3.8, 4) is 5.75 Å². The molecule has 0 atom stereocenters. The number of carbonyl (C=O) groups excluding carboxylic acids is 1. The predicted molar refractivity (Wildman–Crippen MR) is 104 cm³/mol. The molecule has 1 N–H and O–H groups in total. The smallest absolute Gasteiger partial charge is 0.286 e. The molecule has 1 aliphatic heterocycles. The van der Waals surface area contributed by atoms with Crippen LogP contribution in [0.15, 0.2) is 47.3 Å². The summed E-state index contributed by atoms with van der Waals surface area (Å²) in [5.41, 5.74) is -0.566. The SMILES string of the molecule is COc1ccc(N2CCn3c2nnc(C(=O)NCc2c(F)cccc2F)c3=O)cc1. The lowest BCUT2D eigenvalue weighted by atomic mass is 10.2. The zero-order chi connectivity index (χ0) is 21.3. The van der Waals surface area contributed by atoms with E-state index in [0.717, 1.165) is 17.8 Å². The first-order valence-electron chi connectivity index (χ1n) is 9.10. The second-order valence-electron chi connectivity index (χ2n) is 6.54. The Bertz CT molecular complexity index is 1140. The zero-order valence-corrected chi connectivity index (χ0v) is 15.9. The van der Waals surface area contributed by atoms with E-state index in [0.29, 0.717) is 24.8 Å². The molecule has 0 saturated heterocycles. The number of methoxy groups -OCH3 is 1. The molecule has 0 radical (unpaired) electrons. The lowest BCUT2D eigenvalue weighted by molar-refractivity contribution is 0.0941. The number of rotatable bonds is 5. The number of hydrogen-bond acceptors (Lipinski definition) is 6. The number of aromatic nitrogens is 3. The van der Waals surface area contributed by atoms with Gasteiger partial charge in [-0.15, -0.1) is 10.2 Å². The molecule has 0 unspecified atom stereocenters. The van der Waals surface area contributed by atoms with Crippen LogP contribution >= 0.6 is 0 Å². The normalized spacial score (nSPS) is 12.6. The number of halogens is 2. The van der Waals surface area contributed by atoms with Crippen LogP contribution < -0.4 is 20.5 Å². The van der Waals surface area contributed by atoms with Gasteiger partial charge in [-0.05, 0) is 36.4 Å². The van der Waals surface area contributed by atoms with Crippen molar-refractivity contribution < 1.29 is 18.3 Å². The van der Waals surface area contributed by atoms with Gasteiger partial charge in [0, 0.05) is 30.9 Å². The Kier molecular flexibility index (Phi) is 5.13. The number of hydrogen-bond donors (Lipinski definition) is 1. The van der Waals surface area contributed by atoms with Crippen molar-refractivity contribution >= 4 is 17.5 Å². The van der Waals surface area contributed by atoms with Crippen molar-refractivity contribution in [1.29, 1.82) is 0 Å². The van der Waals surface area contributed by atoms with Crippen LogP contribution in [0, 0.1) is 11.6 Å². The third kappa shape index (κ3) is 3.47. The summed E-state index contributed by atoms with van der Waals surface area (Å²) in [4.78, 5) is 26.9. The predicted octanol–water partition coefficient (Wildman–Crippen LogP) is 2.01. The van der Waals surface area contributed by atoms with Crippen LogP contribution in [0.2, 0.25) is 0 Å². The molecule has 154 valence electrons.